The highest BCUT2D eigenvalue weighted by atomic mass is 35.5. The second kappa shape index (κ2) is 7.79. The molecule has 2 aliphatic heterocycles. The van der Waals surface area contributed by atoms with E-state index in [1.54, 1.807) is 0 Å². The Morgan fingerprint density at radius 2 is 1.96 bits per heavy atom. The molecule has 2 heterocycles. The van der Waals surface area contributed by atoms with Crippen LogP contribution >= 0.6 is 11.6 Å². The van der Waals surface area contributed by atoms with Gasteiger partial charge in [-0.25, -0.2) is 9.59 Å². The summed E-state index contributed by atoms with van der Waals surface area (Å²) in [6.07, 6.45) is 7.85. The number of aliphatic carboxylic acids is 2. The summed E-state index contributed by atoms with van der Waals surface area (Å²) in [5.41, 5.74) is 1.17. The van der Waals surface area contributed by atoms with Crippen molar-refractivity contribution in [2.24, 2.45) is 11.1 Å². The number of rotatable bonds is 4. The third-order valence-electron chi connectivity index (χ3n) is 4.38. The smallest absolute Gasteiger partial charge is 0.414 e. The second-order valence-electron chi connectivity index (χ2n) is 6.06. The molecule has 0 spiro atoms. The number of hydrogen-bond donors (Lipinski definition) is 2. The van der Waals surface area contributed by atoms with Gasteiger partial charge in [-0.05, 0) is 45.1 Å². The van der Waals surface area contributed by atoms with Crippen LogP contribution in [0.1, 0.15) is 32.1 Å². The Morgan fingerprint density at radius 3 is 2.52 bits per heavy atom. The molecular weight excluding hydrogens is 324 g/mol. The summed E-state index contributed by atoms with van der Waals surface area (Å²) in [5.74, 6) is -2.90. The van der Waals surface area contributed by atoms with Gasteiger partial charge in [-0.15, -0.1) is 0 Å². The van der Waals surface area contributed by atoms with Crippen molar-refractivity contribution in [3.63, 3.8) is 0 Å². The average molecular weight is 345 g/mol. The van der Waals surface area contributed by atoms with Crippen molar-refractivity contribution in [1.29, 1.82) is 0 Å². The Hall–Kier alpha value is -1.60. The molecule has 0 aromatic carbocycles. The van der Waals surface area contributed by atoms with Gasteiger partial charge in [0, 0.05) is 22.7 Å². The number of hydrogen-bond acceptors (Lipinski definition) is 5. The Labute approximate surface area is 139 Å². The van der Waals surface area contributed by atoms with E-state index in [9.17, 15) is 0 Å². The van der Waals surface area contributed by atoms with Crippen LogP contribution in [0.2, 0.25) is 0 Å². The van der Waals surface area contributed by atoms with E-state index in [2.05, 4.69) is 17.1 Å². The number of oxime groups is 1. The molecule has 2 fully saturated rings. The lowest BCUT2D eigenvalue weighted by Crippen LogP contribution is -2.37. The minimum atomic E-state index is -1.82. The van der Waals surface area contributed by atoms with Crippen LogP contribution in [0.3, 0.4) is 0 Å². The van der Waals surface area contributed by atoms with Gasteiger partial charge in [0.15, 0.2) is 0 Å². The first-order chi connectivity index (χ1) is 10.9. The SMILES string of the molecule is CN1C2CCC1C(C=NOCC1CC1)=C(Cl)C2.O=C(O)C(=O)O. The molecule has 0 radical (unpaired) electrons. The van der Waals surface area contributed by atoms with E-state index < -0.39 is 11.9 Å². The number of fused-ring (bicyclic) bond motifs is 2. The van der Waals surface area contributed by atoms with E-state index in [0.29, 0.717) is 12.1 Å². The zero-order valence-electron chi connectivity index (χ0n) is 12.9. The molecule has 8 heteroatoms. The molecule has 1 aliphatic carbocycles. The fourth-order valence-electron chi connectivity index (χ4n) is 2.82. The van der Waals surface area contributed by atoms with Gasteiger partial charge in [0.1, 0.15) is 6.61 Å². The maximum absolute atomic E-state index is 9.10. The van der Waals surface area contributed by atoms with Crippen molar-refractivity contribution in [3.8, 4) is 0 Å². The number of carbonyl (C=O) groups is 2. The van der Waals surface area contributed by atoms with Crippen molar-refractivity contribution in [2.75, 3.05) is 13.7 Å². The van der Waals surface area contributed by atoms with Gasteiger partial charge in [0.05, 0.1) is 6.21 Å². The van der Waals surface area contributed by atoms with Crippen LogP contribution in [0.25, 0.3) is 0 Å². The van der Waals surface area contributed by atoms with Gasteiger partial charge in [0.2, 0.25) is 0 Å². The van der Waals surface area contributed by atoms with Crippen LogP contribution in [0.4, 0.5) is 0 Å². The fourth-order valence-corrected chi connectivity index (χ4v) is 3.17. The summed E-state index contributed by atoms with van der Waals surface area (Å²) in [6.45, 7) is 0.768. The monoisotopic (exact) mass is 344 g/mol. The molecule has 1 saturated heterocycles. The highest BCUT2D eigenvalue weighted by Gasteiger charge is 2.38. The molecule has 0 aromatic rings. The summed E-state index contributed by atoms with van der Waals surface area (Å²) in [7, 11) is 2.19. The molecule has 2 N–H and O–H groups in total. The third kappa shape index (κ3) is 4.94. The molecular formula is C15H21ClN2O5. The number of carboxylic acids is 2. The third-order valence-corrected chi connectivity index (χ3v) is 4.76. The van der Waals surface area contributed by atoms with E-state index in [0.717, 1.165) is 24.0 Å². The molecule has 2 bridgehead atoms. The first kappa shape index (κ1) is 17.7. The van der Waals surface area contributed by atoms with Crippen LogP contribution < -0.4 is 0 Å². The highest BCUT2D eigenvalue weighted by molar-refractivity contribution is 6.31. The first-order valence-electron chi connectivity index (χ1n) is 7.62. The second-order valence-corrected chi connectivity index (χ2v) is 6.52. The molecule has 128 valence electrons. The van der Waals surface area contributed by atoms with E-state index in [1.165, 1.54) is 31.3 Å². The quantitative estimate of drug-likeness (QED) is 0.459. The van der Waals surface area contributed by atoms with Crippen LogP contribution in [0, 0.1) is 5.92 Å². The molecule has 0 aromatic heterocycles. The summed E-state index contributed by atoms with van der Waals surface area (Å²) in [4.78, 5) is 25.9. The maximum Gasteiger partial charge on any atom is 0.414 e. The van der Waals surface area contributed by atoms with E-state index in [-0.39, 0.29) is 0 Å². The van der Waals surface area contributed by atoms with E-state index in [4.69, 9.17) is 36.2 Å². The number of nitrogens with zero attached hydrogens (tertiary/aromatic N) is 2. The lowest BCUT2D eigenvalue weighted by Gasteiger charge is -2.31. The van der Waals surface area contributed by atoms with Gasteiger partial charge >= 0.3 is 11.9 Å². The summed E-state index contributed by atoms with van der Waals surface area (Å²) in [5, 5.41) is 19.8. The molecule has 23 heavy (non-hydrogen) atoms. The summed E-state index contributed by atoms with van der Waals surface area (Å²) >= 11 is 6.34. The number of carboxylic acid groups (broad SMARTS) is 2. The lowest BCUT2D eigenvalue weighted by atomic mass is 10.0. The fraction of sp³-hybridized carbons (Fsp3) is 0.667. The first-order valence-corrected chi connectivity index (χ1v) is 8.00. The molecule has 3 rings (SSSR count). The Kier molecular flexibility index (Phi) is 6.01. The number of halogens is 1. The molecule has 0 amide bonds. The van der Waals surface area contributed by atoms with Gasteiger partial charge < -0.3 is 15.1 Å². The van der Waals surface area contributed by atoms with Crippen LogP contribution in [0.5, 0.6) is 0 Å². The molecule has 2 unspecified atom stereocenters. The zero-order valence-corrected chi connectivity index (χ0v) is 13.7. The van der Waals surface area contributed by atoms with Crippen molar-refractivity contribution in [1.82, 2.24) is 4.90 Å². The average Bonchev–Trinajstić information content (AvgIpc) is 3.27. The van der Waals surface area contributed by atoms with Crippen molar-refractivity contribution in [2.45, 2.75) is 44.2 Å². The van der Waals surface area contributed by atoms with Crippen LogP contribution in [-0.2, 0) is 14.4 Å². The maximum atomic E-state index is 9.10. The molecule has 3 aliphatic rings. The minimum Gasteiger partial charge on any atom is -0.473 e. The van der Waals surface area contributed by atoms with Gasteiger partial charge in [-0.2, -0.15) is 0 Å². The predicted octanol–water partition coefficient (Wildman–Crippen LogP) is 1.91. The Bertz CT molecular complexity index is 518. The normalized spacial score (nSPS) is 26.9. The van der Waals surface area contributed by atoms with Gasteiger partial charge in [-0.3, -0.25) is 4.90 Å². The largest absolute Gasteiger partial charge is 0.473 e. The van der Waals surface area contributed by atoms with E-state index in [1.807, 2.05) is 6.21 Å². The summed E-state index contributed by atoms with van der Waals surface area (Å²) < 4.78 is 0. The standard InChI is InChI=1S/C13H19ClN2O.C2H2O4/c1-16-10-4-5-13(16)11(12(14)6-10)7-15-17-8-9-2-3-9;3-1(4)2(5)6/h7,9-10,13H,2-6,8H2,1H3;(H,3,4)(H,5,6). The lowest BCUT2D eigenvalue weighted by molar-refractivity contribution is -0.159. The van der Waals surface area contributed by atoms with Crippen molar-refractivity contribution in [3.05, 3.63) is 10.6 Å². The number of likely N-dealkylation sites (N-methyl/N-ethyl adjacent to an activating group) is 1. The van der Waals surface area contributed by atoms with E-state index >= 15 is 0 Å². The predicted molar refractivity (Wildman–Crippen MR) is 84.5 cm³/mol. The highest BCUT2D eigenvalue weighted by Crippen LogP contribution is 2.38. The Balaban J connectivity index is 0.000000277. The minimum absolute atomic E-state index is 0.453. The Morgan fingerprint density at radius 1 is 1.30 bits per heavy atom. The summed E-state index contributed by atoms with van der Waals surface area (Å²) in [6, 6.07) is 1.09. The molecule has 1 saturated carbocycles. The van der Waals surface area contributed by atoms with Crippen LogP contribution in [0.15, 0.2) is 15.8 Å². The topological polar surface area (TPSA) is 99.4 Å². The van der Waals surface area contributed by atoms with Gasteiger partial charge in [0.25, 0.3) is 0 Å². The molecule has 2 atom stereocenters. The van der Waals surface area contributed by atoms with Gasteiger partial charge in [-0.1, -0.05) is 16.8 Å². The molecule has 7 nitrogen and oxygen atoms in total. The zero-order chi connectivity index (χ0) is 17.0. The van der Waals surface area contributed by atoms with Crippen LogP contribution in [-0.4, -0.2) is 59.0 Å². The van der Waals surface area contributed by atoms with Crippen molar-refractivity contribution >= 4 is 29.8 Å². The van der Waals surface area contributed by atoms with Crippen molar-refractivity contribution < 1.29 is 24.6 Å².